The van der Waals surface area contributed by atoms with E-state index in [1.165, 1.54) is 231 Å². The van der Waals surface area contributed by atoms with Crippen LogP contribution in [0.1, 0.15) is 296 Å². The van der Waals surface area contributed by atoms with Crippen molar-refractivity contribution < 1.29 is 25.2 Å². The lowest BCUT2D eigenvalue weighted by Crippen LogP contribution is -2.50. The Bertz CT molecular complexity index is 781. The number of rotatable bonds is 50. The van der Waals surface area contributed by atoms with E-state index in [-0.39, 0.29) is 12.5 Å². The van der Waals surface area contributed by atoms with Gasteiger partial charge in [0.05, 0.1) is 18.8 Å². The first kappa shape index (κ1) is 57.3. The van der Waals surface area contributed by atoms with Crippen LogP contribution in [0.5, 0.6) is 0 Å². The number of hydrogen-bond donors (Lipinski definition) is 5. The van der Waals surface area contributed by atoms with Crippen molar-refractivity contribution in [3.05, 3.63) is 0 Å². The first-order chi connectivity index (χ1) is 28.6. The lowest BCUT2D eigenvalue weighted by molar-refractivity contribution is -0.124. The van der Waals surface area contributed by atoms with Gasteiger partial charge in [0.1, 0.15) is 6.10 Å². The Morgan fingerprint density at radius 2 is 0.638 bits per heavy atom. The minimum atomic E-state index is -1.13. The highest BCUT2D eigenvalue weighted by Gasteiger charge is 2.26. The fourth-order valence-corrected chi connectivity index (χ4v) is 8.68. The summed E-state index contributed by atoms with van der Waals surface area (Å²) in [5, 5.41) is 42.4. The summed E-state index contributed by atoms with van der Waals surface area (Å²) in [5.41, 5.74) is 0. The van der Waals surface area contributed by atoms with Crippen LogP contribution in [0, 0.1) is 0 Å². The van der Waals surface area contributed by atoms with Crippen molar-refractivity contribution in [3.63, 3.8) is 0 Å². The number of nitrogens with one attached hydrogen (secondary N) is 1. The molecule has 3 atom stereocenters. The van der Waals surface area contributed by atoms with Crippen molar-refractivity contribution in [3.8, 4) is 0 Å². The molecule has 0 radical (unpaired) electrons. The van der Waals surface area contributed by atoms with E-state index in [9.17, 15) is 20.1 Å². The molecule has 0 aromatic carbocycles. The highest BCUT2D eigenvalue weighted by Crippen LogP contribution is 2.18. The van der Waals surface area contributed by atoms with Crippen LogP contribution in [-0.4, -0.2) is 57.8 Å². The van der Waals surface area contributed by atoms with Gasteiger partial charge in [-0.15, -0.1) is 0 Å². The Morgan fingerprint density at radius 3 is 0.914 bits per heavy atom. The van der Waals surface area contributed by atoms with Gasteiger partial charge in [0, 0.05) is 13.0 Å². The Morgan fingerprint density at radius 1 is 0.379 bits per heavy atom. The summed E-state index contributed by atoms with van der Waals surface area (Å²) in [5.74, 6) is -0.141. The summed E-state index contributed by atoms with van der Waals surface area (Å²) in [6, 6.07) is -0.806. The van der Waals surface area contributed by atoms with Crippen molar-refractivity contribution >= 4 is 5.91 Å². The van der Waals surface area contributed by atoms with Gasteiger partial charge < -0.3 is 25.7 Å². The Kier molecular flexibility index (Phi) is 48.4. The summed E-state index contributed by atoms with van der Waals surface area (Å²) in [4.78, 5) is 12.5. The van der Waals surface area contributed by atoms with Crippen molar-refractivity contribution in [2.75, 3.05) is 13.2 Å². The molecule has 0 saturated carbocycles. The van der Waals surface area contributed by atoms with E-state index in [1.807, 2.05) is 0 Å². The molecule has 0 bridgehead atoms. The molecule has 0 aromatic heterocycles. The smallest absolute Gasteiger partial charge is 0.220 e. The number of aliphatic hydroxyl groups excluding tert-OH is 4. The third-order valence-corrected chi connectivity index (χ3v) is 12.8. The number of carbonyl (C=O) groups is 1. The molecule has 0 aliphatic carbocycles. The van der Waals surface area contributed by atoms with Gasteiger partial charge in [0.15, 0.2) is 0 Å². The topological polar surface area (TPSA) is 110 Å². The zero-order chi connectivity index (χ0) is 42.3. The van der Waals surface area contributed by atoms with Crippen LogP contribution in [-0.2, 0) is 4.79 Å². The second-order valence-corrected chi connectivity index (χ2v) is 18.5. The maximum Gasteiger partial charge on any atom is 0.220 e. The molecule has 0 unspecified atom stereocenters. The number of amides is 1. The summed E-state index contributed by atoms with van der Waals surface area (Å²) in [7, 11) is 0. The van der Waals surface area contributed by atoms with Crippen LogP contribution >= 0.6 is 0 Å². The van der Waals surface area contributed by atoms with Crippen LogP contribution in [0.2, 0.25) is 0 Å². The van der Waals surface area contributed by atoms with E-state index < -0.39 is 18.2 Å². The molecule has 348 valence electrons. The molecule has 0 aliphatic rings. The van der Waals surface area contributed by atoms with Gasteiger partial charge in [-0.1, -0.05) is 270 Å². The Balaban J connectivity index is 3.42. The van der Waals surface area contributed by atoms with Crippen molar-refractivity contribution in [1.29, 1.82) is 0 Å². The summed E-state index contributed by atoms with van der Waals surface area (Å²) in [6.07, 6.45) is 55.5. The first-order valence-corrected chi connectivity index (χ1v) is 26.4. The predicted molar refractivity (Wildman–Crippen MR) is 252 cm³/mol. The average molecular weight is 824 g/mol. The van der Waals surface area contributed by atoms with E-state index in [2.05, 4.69) is 12.2 Å². The van der Waals surface area contributed by atoms with Gasteiger partial charge in [-0.2, -0.15) is 0 Å². The molecule has 0 rings (SSSR count). The van der Waals surface area contributed by atoms with Crippen molar-refractivity contribution in [2.45, 2.75) is 314 Å². The predicted octanol–water partition coefficient (Wildman–Crippen LogP) is 14.8. The quantitative estimate of drug-likeness (QED) is 0.0393. The summed E-state index contributed by atoms with van der Waals surface area (Å²) >= 11 is 0. The third-order valence-electron chi connectivity index (χ3n) is 12.8. The van der Waals surface area contributed by atoms with Gasteiger partial charge in [-0.25, -0.2) is 0 Å². The van der Waals surface area contributed by atoms with Crippen LogP contribution in [0.15, 0.2) is 0 Å². The molecule has 0 spiro atoms. The minimum Gasteiger partial charge on any atom is -0.396 e. The van der Waals surface area contributed by atoms with Crippen molar-refractivity contribution in [1.82, 2.24) is 5.32 Å². The maximum absolute atomic E-state index is 12.5. The second kappa shape index (κ2) is 49.0. The van der Waals surface area contributed by atoms with E-state index in [0.717, 1.165) is 44.9 Å². The van der Waals surface area contributed by atoms with Crippen molar-refractivity contribution in [2.24, 2.45) is 0 Å². The number of unbranched alkanes of at least 4 members (excludes halogenated alkanes) is 41. The Labute approximate surface area is 362 Å². The van der Waals surface area contributed by atoms with Gasteiger partial charge >= 0.3 is 0 Å². The zero-order valence-corrected chi connectivity index (χ0v) is 39.2. The fraction of sp³-hybridized carbons (Fsp3) is 0.981. The first-order valence-electron chi connectivity index (χ1n) is 26.4. The standard InChI is InChI=1S/C52H105NO5/c1-2-3-4-5-6-7-8-30-33-36-39-42-45-50(56)52(58)49(48-55)53-51(57)46-43-40-37-34-31-28-26-24-22-20-18-16-14-12-10-9-11-13-15-17-19-21-23-25-27-29-32-35-38-41-44-47-54/h49-50,52,54-56,58H,2-48H2,1H3,(H,53,57)/t49-,50+,52-/m0/s1. The van der Waals surface area contributed by atoms with Gasteiger partial charge in [0.2, 0.25) is 5.91 Å². The largest absolute Gasteiger partial charge is 0.396 e. The molecular formula is C52H105NO5. The molecule has 0 fully saturated rings. The normalized spacial score (nSPS) is 13.3. The van der Waals surface area contributed by atoms with Gasteiger partial charge in [0.25, 0.3) is 0 Å². The van der Waals surface area contributed by atoms with Crippen LogP contribution in [0.4, 0.5) is 0 Å². The molecular weight excluding hydrogens is 719 g/mol. The highest BCUT2D eigenvalue weighted by atomic mass is 16.3. The van der Waals surface area contributed by atoms with Gasteiger partial charge in [-0.05, 0) is 19.3 Å². The number of carbonyl (C=O) groups excluding carboxylic acids is 1. The minimum absolute atomic E-state index is 0.141. The molecule has 6 nitrogen and oxygen atoms in total. The molecule has 58 heavy (non-hydrogen) atoms. The number of hydrogen-bond acceptors (Lipinski definition) is 5. The molecule has 0 saturated heterocycles. The Hall–Kier alpha value is -0.690. The average Bonchev–Trinajstić information content (AvgIpc) is 3.23. The SMILES string of the molecule is CCCCCCCCCCCCCC[C@@H](O)[C@@H](O)[C@H](CO)NC(=O)CCCCCCCCCCCCCCCCCCCCCCCCCCCCCCCCCO. The van der Waals surface area contributed by atoms with E-state index in [1.54, 1.807) is 0 Å². The van der Waals surface area contributed by atoms with E-state index in [4.69, 9.17) is 5.11 Å². The molecule has 5 N–H and O–H groups in total. The molecule has 6 heteroatoms. The molecule has 0 aromatic rings. The van der Waals surface area contributed by atoms with E-state index >= 15 is 0 Å². The fourth-order valence-electron chi connectivity index (χ4n) is 8.68. The van der Waals surface area contributed by atoms with E-state index in [0.29, 0.717) is 19.4 Å². The second-order valence-electron chi connectivity index (χ2n) is 18.5. The number of aliphatic hydroxyl groups is 4. The highest BCUT2D eigenvalue weighted by molar-refractivity contribution is 5.76. The van der Waals surface area contributed by atoms with Crippen LogP contribution in [0.25, 0.3) is 0 Å². The molecule has 0 aliphatic heterocycles. The molecule has 1 amide bonds. The van der Waals surface area contributed by atoms with Crippen LogP contribution < -0.4 is 5.32 Å². The third kappa shape index (κ3) is 43.4. The maximum atomic E-state index is 12.5. The lowest BCUT2D eigenvalue weighted by Gasteiger charge is -2.26. The molecule has 0 heterocycles. The lowest BCUT2D eigenvalue weighted by atomic mass is 9.99. The summed E-state index contributed by atoms with van der Waals surface area (Å²) < 4.78 is 0. The zero-order valence-electron chi connectivity index (χ0n) is 39.2. The summed E-state index contributed by atoms with van der Waals surface area (Å²) in [6.45, 7) is 2.26. The monoisotopic (exact) mass is 824 g/mol. The van der Waals surface area contributed by atoms with Crippen LogP contribution in [0.3, 0.4) is 0 Å². The van der Waals surface area contributed by atoms with Gasteiger partial charge in [-0.3, -0.25) is 4.79 Å².